The van der Waals surface area contributed by atoms with Crippen LogP contribution in [0.5, 0.6) is 5.75 Å². The molecule has 2 N–H and O–H groups in total. The van der Waals surface area contributed by atoms with Crippen LogP contribution in [0.2, 0.25) is 10.2 Å². The van der Waals surface area contributed by atoms with Gasteiger partial charge in [-0.05, 0) is 36.4 Å². The maximum Gasteiger partial charge on any atom is 0.258 e. The van der Waals surface area contributed by atoms with Crippen molar-refractivity contribution in [3.8, 4) is 5.75 Å². The first-order valence-electron chi connectivity index (χ1n) is 8.15. The molecular weight excluding hydrogens is 401 g/mol. The summed E-state index contributed by atoms with van der Waals surface area (Å²) >= 11 is 12.0. The standard InChI is InChI=1S/C20H15Cl2N3O3/c1-28-17-11-12(24-20(27)14-6-4-10-23-18(14)22)8-9-16(17)25-19(26)13-5-2-3-7-15(13)21/h2-11H,1H3,(H,24,27)(H,25,26). The molecule has 0 atom stereocenters. The highest BCUT2D eigenvalue weighted by Crippen LogP contribution is 2.29. The second-order valence-corrected chi connectivity index (χ2v) is 6.41. The van der Waals surface area contributed by atoms with Gasteiger partial charge in [0, 0.05) is 18.0 Å². The molecule has 2 amide bonds. The summed E-state index contributed by atoms with van der Waals surface area (Å²) in [5.41, 5.74) is 1.50. The zero-order valence-electron chi connectivity index (χ0n) is 14.7. The summed E-state index contributed by atoms with van der Waals surface area (Å²) in [6.45, 7) is 0. The smallest absolute Gasteiger partial charge is 0.258 e. The van der Waals surface area contributed by atoms with E-state index < -0.39 is 5.91 Å². The van der Waals surface area contributed by atoms with Gasteiger partial charge in [-0.15, -0.1) is 0 Å². The molecule has 0 bridgehead atoms. The Bertz CT molecular complexity index is 1040. The number of carbonyl (C=O) groups excluding carboxylic acids is 2. The van der Waals surface area contributed by atoms with E-state index in [2.05, 4.69) is 15.6 Å². The van der Waals surface area contributed by atoms with Gasteiger partial charge in [0.2, 0.25) is 0 Å². The molecule has 0 radical (unpaired) electrons. The molecule has 0 aliphatic rings. The van der Waals surface area contributed by atoms with Crippen LogP contribution in [0.25, 0.3) is 0 Å². The van der Waals surface area contributed by atoms with Gasteiger partial charge in [-0.3, -0.25) is 9.59 Å². The van der Waals surface area contributed by atoms with Crippen molar-refractivity contribution in [2.75, 3.05) is 17.7 Å². The summed E-state index contributed by atoms with van der Waals surface area (Å²) in [7, 11) is 1.46. The zero-order valence-corrected chi connectivity index (χ0v) is 16.2. The lowest BCUT2D eigenvalue weighted by Crippen LogP contribution is -2.15. The number of carbonyl (C=O) groups is 2. The molecule has 142 valence electrons. The fourth-order valence-corrected chi connectivity index (χ4v) is 2.89. The minimum Gasteiger partial charge on any atom is -0.494 e. The second kappa shape index (κ2) is 8.73. The molecule has 8 heteroatoms. The van der Waals surface area contributed by atoms with Crippen LogP contribution < -0.4 is 15.4 Å². The van der Waals surface area contributed by atoms with E-state index in [4.69, 9.17) is 27.9 Å². The van der Waals surface area contributed by atoms with Gasteiger partial charge in [0.1, 0.15) is 10.9 Å². The number of ether oxygens (including phenoxy) is 1. The molecule has 0 unspecified atom stereocenters. The molecule has 0 aliphatic carbocycles. The van der Waals surface area contributed by atoms with Crippen molar-refractivity contribution in [2.24, 2.45) is 0 Å². The number of nitrogens with zero attached hydrogens (tertiary/aromatic N) is 1. The number of anilines is 2. The maximum absolute atomic E-state index is 12.4. The highest BCUT2D eigenvalue weighted by Gasteiger charge is 2.15. The monoisotopic (exact) mass is 415 g/mol. The number of rotatable bonds is 5. The van der Waals surface area contributed by atoms with Crippen molar-refractivity contribution in [3.63, 3.8) is 0 Å². The third-order valence-corrected chi connectivity index (χ3v) is 4.46. The first-order valence-corrected chi connectivity index (χ1v) is 8.91. The van der Waals surface area contributed by atoms with E-state index >= 15 is 0 Å². The summed E-state index contributed by atoms with van der Waals surface area (Å²) < 4.78 is 5.33. The van der Waals surface area contributed by atoms with Crippen molar-refractivity contribution in [2.45, 2.75) is 0 Å². The quantitative estimate of drug-likeness (QED) is 0.580. The normalized spacial score (nSPS) is 10.2. The zero-order chi connectivity index (χ0) is 20.1. The molecular formula is C20H15Cl2N3O3. The van der Waals surface area contributed by atoms with Gasteiger partial charge in [0.15, 0.2) is 0 Å². The molecule has 0 fully saturated rings. The van der Waals surface area contributed by atoms with Crippen LogP contribution in [0, 0.1) is 0 Å². The number of pyridine rings is 1. The van der Waals surface area contributed by atoms with Crippen LogP contribution in [-0.2, 0) is 0 Å². The van der Waals surface area contributed by atoms with Crippen LogP contribution in [0.3, 0.4) is 0 Å². The highest BCUT2D eigenvalue weighted by molar-refractivity contribution is 6.34. The summed E-state index contributed by atoms with van der Waals surface area (Å²) in [6, 6.07) is 14.7. The maximum atomic E-state index is 12.4. The largest absolute Gasteiger partial charge is 0.494 e. The molecule has 3 rings (SSSR count). The fraction of sp³-hybridized carbons (Fsp3) is 0.0500. The Morgan fingerprint density at radius 2 is 1.64 bits per heavy atom. The van der Waals surface area contributed by atoms with Crippen molar-refractivity contribution < 1.29 is 14.3 Å². The molecule has 3 aromatic rings. The van der Waals surface area contributed by atoms with Gasteiger partial charge in [-0.25, -0.2) is 4.98 Å². The number of hydrogen-bond acceptors (Lipinski definition) is 4. The average molecular weight is 416 g/mol. The van der Waals surface area contributed by atoms with Crippen LogP contribution in [0.4, 0.5) is 11.4 Å². The molecule has 6 nitrogen and oxygen atoms in total. The Kier molecular flexibility index (Phi) is 6.13. The Morgan fingerprint density at radius 1 is 0.929 bits per heavy atom. The van der Waals surface area contributed by atoms with Crippen molar-refractivity contribution in [3.05, 3.63) is 82.1 Å². The van der Waals surface area contributed by atoms with Gasteiger partial charge in [-0.1, -0.05) is 35.3 Å². The van der Waals surface area contributed by atoms with Gasteiger partial charge < -0.3 is 15.4 Å². The Balaban J connectivity index is 1.79. The number of aromatic nitrogens is 1. The number of methoxy groups -OCH3 is 1. The van der Waals surface area contributed by atoms with E-state index in [1.54, 1.807) is 54.6 Å². The predicted molar refractivity (Wildman–Crippen MR) is 110 cm³/mol. The number of hydrogen-bond donors (Lipinski definition) is 2. The predicted octanol–water partition coefficient (Wildman–Crippen LogP) is 4.90. The molecule has 0 saturated carbocycles. The van der Waals surface area contributed by atoms with Crippen LogP contribution in [0.1, 0.15) is 20.7 Å². The van der Waals surface area contributed by atoms with Gasteiger partial charge in [0.05, 0.1) is 28.9 Å². The molecule has 0 aliphatic heterocycles. The minimum atomic E-state index is -0.409. The van der Waals surface area contributed by atoms with Crippen molar-refractivity contribution in [1.82, 2.24) is 4.98 Å². The third-order valence-electron chi connectivity index (χ3n) is 3.83. The average Bonchev–Trinajstić information content (AvgIpc) is 2.69. The summed E-state index contributed by atoms with van der Waals surface area (Å²) in [6.07, 6.45) is 1.50. The molecule has 0 spiro atoms. The molecule has 0 saturated heterocycles. The van der Waals surface area contributed by atoms with E-state index in [1.807, 2.05) is 0 Å². The lowest BCUT2D eigenvalue weighted by atomic mass is 10.2. The number of halogens is 2. The SMILES string of the molecule is COc1cc(NC(=O)c2cccnc2Cl)ccc1NC(=O)c1ccccc1Cl. The van der Waals surface area contributed by atoms with Gasteiger partial charge in [0.25, 0.3) is 11.8 Å². The van der Waals surface area contributed by atoms with E-state index in [0.29, 0.717) is 27.7 Å². The van der Waals surface area contributed by atoms with Crippen LogP contribution in [0.15, 0.2) is 60.8 Å². The first-order chi connectivity index (χ1) is 13.5. The second-order valence-electron chi connectivity index (χ2n) is 5.64. The van der Waals surface area contributed by atoms with Crippen LogP contribution in [-0.4, -0.2) is 23.9 Å². The number of benzene rings is 2. The van der Waals surface area contributed by atoms with E-state index in [9.17, 15) is 9.59 Å². The Hall–Kier alpha value is -3.09. The highest BCUT2D eigenvalue weighted by atomic mass is 35.5. The van der Waals surface area contributed by atoms with Gasteiger partial charge >= 0.3 is 0 Å². The molecule has 1 aromatic heterocycles. The summed E-state index contributed by atoms with van der Waals surface area (Å²) in [4.78, 5) is 28.7. The minimum absolute atomic E-state index is 0.107. The lowest BCUT2D eigenvalue weighted by Gasteiger charge is -2.13. The van der Waals surface area contributed by atoms with Gasteiger partial charge in [-0.2, -0.15) is 0 Å². The van der Waals surface area contributed by atoms with Crippen molar-refractivity contribution >= 4 is 46.4 Å². The molecule has 28 heavy (non-hydrogen) atoms. The lowest BCUT2D eigenvalue weighted by molar-refractivity contribution is 0.101. The first kappa shape index (κ1) is 19.7. The number of nitrogens with one attached hydrogen (secondary N) is 2. The summed E-state index contributed by atoms with van der Waals surface area (Å²) in [5, 5.41) is 5.92. The topological polar surface area (TPSA) is 80.3 Å². The molecule has 1 heterocycles. The Morgan fingerprint density at radius 3 is 2.36 bits per heavy atom. The van der Waals surface area contributed by atoms with Crippen molar-refractivity contribution in [1.29, 1.82) is 0 Å². The van der Waals surface area contributed by atoms with E-state index in [1.165, 1.54) is 13.3 Å². The third kappa shape index (κ3) is 4.42. The Labute approximate surface area is 171 Å². The van der Waals surface area contributed by atoms with Crippen LogP contribution >= 0.6 is 23.2 Å². The van der Waals surface area contributed by atoms with E-state index in [-0.39, 0.29) is 16.6 Å². The molecule has 2 aromatic carbocycles. The number of amides is 2. The summed E-state index contributed by atoms with van der Waals surface area (Å²) in [5.74, 6) is -0.411. The fourth-order valence-electron chi connectivity index (χ4n) is 2.46. The van der Waals surface area contributed by atoms with E-state index in [0.717, 1.165) is 0 Å².